The minimum atomic E-state index is -0.962. The van der Waals surface area contributed by atoms with Gasteiger partial charge < -0.3 is 52.2 Å². The number of hydrogen-bond acceptors (Lipinski definition) is 11. The second-order valence-electron chi connectivity index (χ2n) is 15.1. The zero-order valence-corrected chi connectivity index (χ0v) is 35.2. The second-order valence-corrected chi connectivity index (χ2v) is 15.1. The fourth-order valence-electron chi connectivity index (χ4n) is 5.34. The Morgan fingerprint density at radius 2 is 1.24 bits per heavy atom. The van der Waals surface area contributed by atoms with E-state index in [9.17, 15) is 38.7 Å². The Labute approximate surface area is 346 Å². The first-order valence-corrected chi connectivity index (χ1v) is 19.6. The van der Waals surface area contributed by atoms with E-state index in [0.29, 0.717) is 16.9 Å². The predicted molar refractivity (Wildman–Crippen MR) is 222 cm³/mol. The van der Waals surface area contributed by atoms with E-state index >= 15 is 0 Å². The molecule has 6 amide bonds. The summed E-state index contributed by atoms with van der Waals surface area (Å²) in [4.78, 5) is 88.6. The number of aliphatic hydroxyl groups is 1. The van der Waals surface area contributed by atoms with Crippen LogP contribution < -0.4 is 37.6 Å². The minimum Gasteiger partial charge on any atom is -0.466 e. The number of aliphatic hydroxyl groups excluding tert-OH is 1. The van der Waals surface area contributed by atoms with Gasteiger partial charge in [-0.15, -0.1) is 0 Å². The first kappa shape index (κ1) is 49.5. The van der Waals surface area contributed by atoms with Gasteiger partial charge in [-0.3, -0.25) is 28.8 Å². The van der Waals surface area contributed by atoms with E-state index in [2.05, 4.69) is 31.9 Å². The van der Waals surface area contributed by atoms with Gasteiger partial charge in [-0.05, 0) is 73.4 Å². The number of benzene rings is 2. The van der Waals surface area contributed by atoms with Crippen LogP contribution in [0.1, 0.15) is 72.4 Å². The van der Waals surface area contributed by atoms with Gasteiger partial charge in [0.2, 0.25) is 35.4 Å². The minimum absolute atomic E-state index is 0.0724. The average molecular weight is 824 g/mol. The van der Waals surface area contributed by atoms with Gasteiger partial charge >= 0.3 is 5.97 Å². The van der Waals surface area contributed by atoms with Gasteiger partial charge in [-0.25, -0.2) is 4.79 Å². The third-order valence-electron chi connectivity index (χ3n) is 9.08. The maximum absolute atomic E-state index is 13.1. The van der Waals surface area contributed by atoms with Crippen molar-refractivity contribution in [3.63, 3.8) is 0 Å². The lowest BCUT2D eigenvalue weighted by Gasteiger charge is -2.24. The van der Waals surface area contributed by atoms with Gasteiger partial charge in [0.15, 0.2) is 0 Å². The Bertz CT molecular complexity index is 1760. The van der Waals surface area contributed by atoms with Crippen LogP contribution in [0.5, 0.6) is 0 Å². The molecule has 0 aliphatic carbocycles. The molecule has 0 spiro atoms. The molecule has 0 saturated heterocycles. The molecule has 2 aromatic carbocycles. The SMILES string of the molecule is COC(=O)/C=C(/C[C@H](C)COCc1ccc(NC(=O)[C@H](C)NC(=O)[C@@H](N)C(C)C)cc1)C(=O)NCCC(=O)N[C@H](C(=O)N[C@@H](C)C(=O)Nc1ccc(CO)cc1)C(C)C. The van der Waals surface area contributed by atoms with Gasteiger partial charge in [0.05, 0.1) is 26.4 Å². The largest absolute Gasteiger partial charge is 0.466 e. The molecule has 0 radical (unpaired) electrons. The van der Waals surface area contributed by atoms with Crippen LogP contribution in [0.3, 0.4) is 0 Å². The summed E-state index contributed by atoms with van der Waals surface area (Å²) in [5.41, 5.74) is 8.50. The predicted octanol–water partition coefficient (Wildman–Crippen LogP) is 2.04. The standard InChI is InChI=1S/C42H61N7O10/c1-24(2)36(43)41(56)45-27(6)38(53)48-33-15-11-30(12-16-33)23-59-22-26(5)19-31(20-35(52)58-8)40(55)44-18-17-34(51)49-37(25(3)4)42(57)46-28(7)39(54)47-32-13-9-29(21-50)10-14-32/h9-16,20,24-28,36-37,50H,17-19,21-23,43H2,1-8H3,(H,44,55)(H,45,56)(H,46,57)(H,47,54)(H,48,53)(H,49,51)/b31-20-/t26-,27-,28-,36-,37-/m0/s1. The Morgan fingerprint density at radius 3 is 1.73 bits per heavy atom. The Morgan fingerprint density at radius 1 is 0.712 bits per heavy atom. The van der Waals surface area contributed by atoms with Crippen LogP contribution in [0.25, 0.3) is 0 Å². The van der Waals surface area contributed by atoms with E-state index in [4.69, 9.17) is 15.2 Å². The van der Waals surface area contributed by atoms with Gasteiger partial charge in [0, 0.05) is 42.6 Å². The van der Waals surface area contributed by atoms with Gasteiger partial charge in [0.25, 0.3) is 0 Å². The lowest BCUT2D eigenvalue weighted by atomic mass is 10.0. The number of ether oxygens (including phenoxy) is 2. The van der Waals surface area contributed by atoms with Crippen molar-refractivity contribution >= 4 is 52.8 Å². The molecular weight excluding hydrogens is 763 g/mol. The number of carbonyl (C=O) groups excluding carboxylic acids is 7. The van der Waals surface area contributed by atoms with E-state index in [1.807, 2.05) is 20.8 Å². The third-order valence-corrected chi connectivity index (χ3v) is 9.08. The highest BCUT2D eigenvalue weighted by Gasteiger charge is 2.27. The summed E-state index contributed by atoms with van der Waals surface area (Å²) in [5, 5.41) is 25.2. The fourth-order valence-corrected chi connectivity index (χ4v) is 5.34. The summed E-state index contributed by atoms with van der Waals surface area (Å²) in [5.74, 6) is -4.25. The van der Waals surface area contributed by atoms with Crippen molar-refractivity contribution in [3.05, 3.63) is 71.3 Å². The number of nitrogens with one attached hydrogen (secondary N) is 6. The molecular formula is C42H61N7O10. The van der Waals surface area contributed by atoms with E-state index in [0.717, 1.165) is 11.6 Å². The highest BCUT2D eigenvalue weighted by atomic mass is 16.5. The molecule has 0 aromatic heterocycles. The van der Waals surface area contributed by atoms with Crippen molar-refractivity contribution in [1.29, 1.82) is 0 Å². The topological polar surface area (TPSA) is 256 Å². The second kappa shape index (κ2) is 25.0. The zero-order valence-electron chi connectivity index (χ0n) is 35.2. The monoisotopic (exact) mass is 823 g/mol. The Kier molecular flexibility index (Phi) is 20.9. The first-order valence-electron chi connectivity index (χ1n) is 19.6. The number of esters is 1. The molecule has 17 nitrogen and oxygen atoms in total. The summed E-state index contributed by atoms with van der Waals surface area (Å²) in [6.07, 6.45) is 1.08. The molecule has 2 rings (SSSR count). The van der Waals surface area contributed by atoms with Crippen molar-refractivity contribution in [2.75, 3.05) is 30.9 Å². The van der Waals surface area contributed by atoms with Crippen LogP contribution in [0.15, 0.2) is 60.2 Å². The van der Waals surface area contributed by atoms with E-state index in [1.165, 1.54) is 14.0 Å². The number of anilines is 2. The van der Waals surface area contributed by atoms with Crippen LogP contribution in [-0.2, 0) is 56.2 Å². The van der Waals surface area contributed by atoms with Crippen molar-refractivity contribution in [2.24, 2.45) is 23.5 Å². The normalized spacial score (nSPS) is 13.9. The zero-order chi connectivity index (χ0) is 44.2. The van der Waals surface area contributed by atoms with Crippen LogP contribution in [0.2, 0.25) is 0 Å². The molecule has 0 aliphatic rings. The van der Waals surface area contributed by atoms with E-state index in [-0.39, 0.29) is 62.5 Å². The number of amides is 6. The molecule has 59 heavy (non-hydrogen) atoms. The molecule has 0 aliphatic heterocycles. The quantitative estimate of drug-likeness (QED) is 0.0595. The van der Waals surface area contributed by atoms with Crippen LogP contribution in [0.4, 0.5) is 11.4 Å². The number of hydrogen-bond donors (Lipinski definition) is 8. The molecule has 324 valence electrons. The highest BCUT2D eigenvalue weighted by Crippen LogP contribution is 2.16. The van der Waals surface area contributed by atoms with Crippen LogP contribution >= 0.6 is 0 Å². The van der Waals surface area contributed by atoms with E-state index in [1.54, 1.807) is 69.3 Å². The van der Waals surface area contributed by atoms with Gasteiger partial charge in [-0.1, -0.05) is 58.9 Å². The van der Waals surface area contributed by atoms with Crippen molar-refractivity contribution in [2.45, 2.75) is 98.7 Å². The van der Waals surface area contributed by atoms with Crippen LogP contribution in [0, 0.1) is 17.8 Å². The summed E-state index contributed by atoms with van der Waals surface area (Å²) in [6.45, 7) is 12.3. The lowest BCUT2D eigenvalue weighted by Crippen LogP contribution is -2.54. The number of nitrogens with two attached hydrogens (primary N) is 1. The molecule has 0 heterocycles. The maximum atomic E-state index is 13.1. The average Bonchev–Trinajstić information content (AvgIpc) is 3.19. The maximum Gasteiger partial charge on any atom is 0.330 e. The van der Waals surface area contributed by atoms with Crippen LogP contribution in [-0.4, -0.2) is 90.9 Å². The van der Waals surface area contributed by atoms with E-state index < -0.39 is 65.6 Å². The van der Waals surface area contributed by atoms with Crippen molar-refractivity contribution < 1.29 is 48.1 Å². The third kappa shape index (κ3) is 17.8. The molecule has 2 aromatic rings. The van der Waals surface area contributed by atoms with Crippen molar-refractivity contribution in [1.82, 2.24) is 21.3 Å². The van der Waals surface area contributed by atoms with Crippen molar-refractivity contribution in [3.8, 4) is 0 Å². The summed E-state index contributed by atoms with van der Waals surface area (Å²) in [6, 6.07) is 10.2. The lowest BCUT2D eigenvalue weighted by molar-refractivity contribution is -0.135. The molecule has 0 saturated carbocycles. The summed E-state index contributed by atoms with van der Waals surface area (Å²) in [7, 11) is 1.19. The molecule has 9 N–H and O–H groups in total. The molecule has 0 fully saturated rings. The van der Waals surface area contributed by atoms with Gasteiger partial charge in [0.1, 0.15) is 18.1 Å². The summed E-state index contributed by atoms with van der Waals surface area (Å²) < 4.78 is 10.6. The number of methoxy groups -OCH3 is 1. The molecule has 0 unspecified atom stereocenters. The Balaban J connectivity index is 1.85. The number of carbonyl (C=O) groups is 7. The first-order chi connectivity index (χ1) is 27.8. The molecule has 0 bridgehead atoms. The Hall–Kier alpha value is -5.65. The smallest absolute Gasteiger partial charge is 0.330 e. The number of rotatable bonds is 23. The highest BCUT2D eigenvalue weighted by molar-refractivity contribution is 6.00. The fraction of sp³-hybridized carbons (Fsp3) is 0.500. The molecule has 17 heteroatoms. The molecule has 5 atom stereocenters. The summed E-state index contributed by atoms with van der Waals surface area (Å²) >= 11 is 0. The van der Waals surface area contributed by atoms with Gasteiger partial charge in [-0.2, -0.15) is 0 Å².